The Morgan fingerprint density at radius 1 is 1.35 bits per heavy atom. The van der Waals surface area contributed by atoms with Gasteiger partial charge in [-0.05, 0) is 37.0 Å². The number of carboxylic acid groups (broad SMARTS) is 1. The topological polar surface area (TPSA) is 78.4 Å². The van der Waals surface area contributed by atoms with Gasteiger partial charge in [-0.1, -0.05) is 31.5 Å². The molecule has 3 N–H and O–H groups in total. The zero-order valence-electron chi connectivity index (χ0n) is 11.7. The number of nitrogens with one attached hydrogen (secondary N) is 2. The molecule has 2 amide bonds. The number of aryl methyl sites for hydroxylation is 1. The molecule has 0 aromatic heterocycles. The van der Waals surface area contributed by atoms with Crippen molar-refractivity contribution in [1.29, 1.82) is 0 Å². The van der Waals surface area contributed by atoms with Crippen LogP contribution in [0.25, 0.3) is 0 Å². The van der Waals surface area contributed by atoms with Gasteiger partial charge in [-0.2, -0.15) is 0 Å². The molecule has 0 saturated carbocycles. The van der Waals surface area contributed by atoms with Gasteiger partial charge in [-0.15, -0.1) is 0 Å². The Hall–Kier alpha value is -1.75. The Morgan fingerprint density at radius 3 is 2.55 bits per heavy atom. The van der Waals surface area contributed by atoms with E-state index < -0.39 is 18.0 Å². The van der Waals surface area contributed by atoms with Crippen LogP contribution in [-0.4, -0.2) is 23.1 Å². The maximum Gasteiger partial charge on any atom is 0.326 e. The molecule has 6 heteroatoms. The number of carboxylic acids is 1. The molecule has 0 unspecified atom stereocenters. The highest BCUT2D eigenvalue weighted by Gasteiger charge is 2.21. The number of anilines is 1. The predicted octanol–water partition coefficient (Wildman–Crippen LogP) is 3.27. The lowest BCUT2D eigenvalue weighted by Crippen LogP contribution is -2.43. The summed E-state index contributed by atoms with van der Waals surface area (Å²) in [5.41, 5.74) is 1.40. The number of hydrogen-bond acceptors (Lipinski definition) is 2. The summed E-state index contributed by atoms with van der Waals surface area (Å²) in [6.45, 7) is 5.66. The Bertz CT molecular complexity index is 503. The monoisotopic (exact) mass is 298 g/mol. The molecule has 1 atom stereocenters. The van der Waals surface area contributed by atoms with Crippen molar-refractivity contribution in [2.75, 3.05) is 5.32 Å². The van der Waals surface area contributed by atoms with E-state index in [0.29, 0.717) is 17.1 Å². The molecule has 0 aliphatic heterocycles. The normalized spacial score (nSPS) is 12.1. The fourth-order valence-corrected chi connectivity index (χ4v) is 1.91. The number of amides is 2. The first-order valence-corrected chi connectivity index (χ1v) is 6.74. The Morgan fingerprint density at radius 2 is 2.00 bits per heavy atom. The summed E-state index contributed by atoms with van der Waals surface area (Å²) in [4.78, 5) is 22.9. The highest BCUT2D eigenvalue weighted by atomic mass is 35.5. The minimum Gasteiger partial charge on any atom is -0.480 e. The van der Waals surface area contributed by atoms with E-state index in [-0.39, 0.29) is 5.92 Å². The molecule has 0 aliphatic carbocycles. The van der Waals surface area contributed by atoms with Crippen LogP contribution >= 0.6 is 11.6 Å². The van der Waals surface area contributed by atoms with Gasteiger partial charge in [0.05, 0.1) is 10.7 Å². The van der Waals surface area contributed by atoms with E-state index in [2.05, 4.69) is 10.6 Å². The Labute approximate surface area is 123 Å². The first kappa shape index (κ1) is 16.3. The molecule has 1 rings (SSSR count). The summed E-state index contributed by atoms with van der Waals surface area (Å²) < 4.78 is 0. The third-order valence-corrected chi connectivity index (χ3v) is 3.01. The van der Waals surface area contributed by atoms with E-state index in [9.17, 15) is 9.59 Å². The lowest BCUT2D eigenvalue weighted by atomic mass is 10.0. The van der Waals surface area contributed by atoms with Crippen LogP contribution in [0.2, 0.25) is 5.02 Å². The van der Waals surface area contributed by atoms with Gasteiger partial charge < -0.3 is 15.7 Å². The van der Waals surface area contributed by atoms with E-state index in [0.717, 1.165) is 5.56 Å². The largest absolute Gasteiger partial charge is 0.480 e. The van der Waals surface area contributed by atoms with Gasteiger partial charge in [0, 0.05) is 0 Å². The predicted molar refractivity (Wildman–Crippen MR) is 79.2 cm³/mol. The van der Waals surface area contributed by atoms with Gasteiger partial charge in [0.1, 0.15) is 6.04 Å². The average Bonchev–Trinajstić information content (AvgIpc) is 2.32. The van der Waals surface area contributed by atoms with E-state index in [1.807, 2.05) is 26.8 Å². The van der Waals surface area contributed by atoms with Crippen LogP contribution in [0.3, 0.4) is 0 Å². The molecule has 0 aliphatic rings. The van der Waals surface area contributed by atoms with Crippen molar-refractivity contribution < 1.29 is 14.7 Å². The summed E-state index contributed by atoms with van der Waals surface area (Å²) in [6, 6.07) is 3.73. The number of halogens is 1. The van der Waals surface area contributed by atoms with Crippen LogP contribution in [-0.2, 0) is 4.79 Å². The molecule has 1 aromatic carbocycles. The van der Waals surface area contributed by atoms with Crippen LogP contribution in [0, 0.1) is 12.8 Å². The quantitative estimate of drug-likeness (QED) is 0.780. The molecular weight excluding hydrogens is 280 g/mol. The van der Waals surface area contributed by atoms with E-state index in [1.165, 1.54) is 0 Å². The van der Waals surface area contributed by atoms with Crippen LogP contribution < -0.4 is 10.6 Å². The van der Waals surface area contributed by atoms with Gasteiger partial charge in [-0.25, -0.2) is 9.59 Å². The Balaban J connectivity index is 2.70. The minimum atomic E-state index is -1.05. The maximum atomic E-state index is 11.8. The molecular formula is C14H19ClN2O3. The number of benzene rings is 1. The molecule has 0 bridgehead atoms. The van der Waals surface area contributed by atoms with E-state index in [1.54, 1.807) is 12.1 Å². The fourth-order valence-electron chi connectivity index (χ4n) is 1.74. The van der Waals surface area contributed by atoms with Crippen LogP contribution in [0.1, 0.15) is 25.8 Å². The second kappa shape index (κ2) is 7.14. The van der Waals surface area contributed by atoms with Crippen LogP contribution in [0.4, 0.5) is 10.5 Å². The van der Waals surface area contributed by atoms with Crippen molar-refractivity contribution in [1.82, 2.24) is 5.32 Å². The smallest absolute Gasteiger partial charge is 0.326 e. The molecule has 1 aromatic rings. The van der Waals surface area contributed by atoms with E-state index in [4.69, 9.17) is 16.7 Å². The first-order valence-electron chi connectivity index (χ1n) is 6.36. The lowest BCUT2D eigenvalue weighted by molar-refractivity contribution is -0.139. The number of carbonyl (C=O) groups is 2. The summed E-state index contributed by atoms with van der Waals surface area (Å²) in [5.74, 6) is -0.886. The SMILES string of the molecule is Cc1ccc(Cl)c(NC(=O)N[C@H](CC(C)C)C(=O)O)c1. The van der Waals surface area contributed by atoms with Crippen LogP contribution in [0.5, 0.6) is 0 Å². The third-order valence-electron chi connectivity index (χ3n) is 2.68. The lowest BCUT2D eigenvalue weighted by Gasteiger charge is -2.17. The highest BCUT2D eigenvalue weighted by Crippen LogP contribution is 2.22. The number of rotatable bonds is 5. The van der Waals surface area contributed by atoms with Crippen molar-refractivity contribution in [3.8, 4) is 0 Å². The molecule has 0 heterocycles. The summed E-state index contributed by atoms with van der Waals surface area (Å²) in [7, 11) is 0. The van der Waals surface area contributed by atoms with Gasteiger partial charge in [0.15, 0.2) is 0 Å². The Kier molecular flexibility index (Phi) is 5.82. The highest BCUT2D eigenvalue weighted by molar-refractivity contribution is 6.33. The third kappa shape index (κ3) is 5.09. The zero-order chi connectivity index (χ0) is 15.3. The van der Waals surface area contributed by atoms with Gasteiger partial charge >= 0.3 is 12.0 Å². The minimum absolute atomic E-state index is 0.166. The van der Waals surface area contributed by atoms with Crippen molar-refractivity contribution in [3.63, 3.8) is 0 Å². The molecule has 5 nitrogen and oxygen atoms in total. The second-order valence-electron chi connectivity index (χ2n) is 5.10. The number of carbonyl (C=O) groups excluding carboxylic acids is 1. The summed E-state index contributed by atoms with van der Waals surface area (Å²) >= 11 is 5.96. The van der Waals surface area contributed by atoms with Crippen molar-refractivity contribution in [2.24, 2.45) is 5.92 Å². The molecule has 0 fully saturated rings. The zero-order valence-corrected chi connectivity index (χ0v) is 12.5. The average molecular weight is 299 g/mol. The molecule has 110 valence electrons. The number of aliphatic carboxylic acids is 1. The maximum absolute atomic E-state index is 11.8. The molecule has 0 radical (unpaired) electrons. The van der Waals surface area contributed by atoms with Crippen molar-refractivity contribution in [3.05, 3.63) is 28.8 Å². The number of hydrogen-bond donors (Lipinski definition) is 3. The van der Waals surface area contributed by atoms with Gasteiger partial charge in [0.25, 0.3) is 0 Å². The van der Waals surface area contributed by atoms with Gasteiger partial charge in [-0.3, -0.25) is 0 Å². The van der Waals surface area contributed by atoms with E-state index >= 15 is 0 Å². The summed E-state index contributed by atoms with van der Waals surface area (Å²) in [6.07, 6.45) is 0.365. The first-order chi connectivity index (χ1) is 9.29. The van der Waals surface area contributed by atoms with Crippen LogP contribution in [0.15, 0.2) is 18.2 Å². The van der Waals surface area contributed by atoms with Gasteiger partial charge in [0.2, 0.25) is 0 Å². The van der Waals surface area contributed by atoms with Crippen molar-refractivity contribution in [2.45, 2.75) is 33.2 Å². The molecule has 20 heavy (non-hydrogen) atoms. The fraction of sp³-hybridized carbons (Fsp3) is 0.429. The standard InChI is InChI=1S/C14H19ClN2O3/c1-8(2)6-12(13(18)19)17-14(20)16-11-7-9(3)4-5-10(11)15/h4-5,7-8,12H,6H2,1-3H3,(H,18,19)(H2,16,17,20)/t12-/m1/s1. The summed E-state index contributed by atoms with van der Waals surface area (Å²) in [5, 5.41) is 14.5. The second-order valence-corrected chi connectivity index (χ2v) is 5.51. The molecule has 0 spiro atoms. The number of urea groups is 1. The van der Waals surface area contributed by atoms with Crippen molar-refractivity contribution >= 4 is 29.3 Å². The molecule has 0 saturated heterocycles.